The molecule has 1 aliphatic rings. The van der Waals surface area contributed by atoms with Gasteiger partial charge in [-0.1, -0.05) is 25.4 Å². The standard InChI is InChI=1S/C18H25ClN4O2/c1-13(2)5-6-20-18(24)23-9-7-22(8-10-23)12-17-21-15-4-3-14(19)11-16(15)25-17/h3-4,11,13H,5-10,12H2,1-2H3,(H,20,24). The summed E-state index contributed by atoms with van der Waals surface area (Å²) in [5.41, 5.74) is 1.54. The first-order valence-electron chi connectivity index (χ1n) is 8.81. The summed E-state index contributed by atoms with van der Waals surface area (Å²) in [6, 6.07) is 5.50. The van der Waals surface area contributed by atoms with Crippen molar-refractivity contribution < 1.29 is 9.21 Å². The van der Waals surface area contributed by atoms with Crippen LogP contribution in [0.2, 0.25) is 5.02 Å². The number of carbonyl (C=O) groups is 1. The maximum absolute atomic E-state index is 12.1. The number of piperazine rings is 1. The Balaban J connectivity index is 1.47. The molecule has 2 heterocycles. The Hall–Kier alpha value is -1.79. The van der Waals surface area contributed by atoms with E-state index in [2.05, 4.69) is 29.0 Å². The second kappa shape index (κ2) is 8.06. The number of urea groups is 1. The number of benzene rings is 1. The van der Waals surface area contributed by atoms with Crippen molar-refractivity contribution >= 4 is 28.7 Å². The highest BCUT2D eigenvalue weighted by molar-refractivity contribution is 6.31. The van der Waals surface area contributed by atoms with E-state index in [1.165, 1.54) is 0 Å². The van der Waals surface area contributed by atoms with Gasteiger partial charge in [0.2, 0.25) is 5.89 Å². The average Bonchev–Trinajstić information content (AvgIpc) is 2.96. The van der Waals surface area contributed by atoms with Gasteiger partial charge in [-0.3, -0.25) is 4.90 Å². The SMILES string of the molecule is CC(C)CCNC(=O)N1CCN(Cc2nc3ccc(Cl)cc3o2)CC1. The van der Waals surface area contributed by atoms with Gasteiger partial charge in [-0.05, 0) is 24.5 Å². The van der Waals surface area contributed by atoms with Crippen LogP contribution in [0, 0.1) is 5.92 Å². The van der Waals surface area contributed by atoms with Crippen LogP contribution in [-0.4, -0.2) is 53.5 Å². The van der Waals surface area contributed by atoms with Crippen molar-refractivity contribution in [1.82, 2.24) is 20.1 Å². The first-order valence-corrected chi connectivity index (χ1v) is 9.19. The number of carbonyl (C=O) groups excluding carboxylic acids is 1. The maximum Gasteiger partial charge on any atom is 0.317 e. The van der Waals surface area contributed by atoms with Crippen molar-refractivity contribution in [3.63, 3.8) is 0 Å². The molecule has 1 fully saturated rings. The van der Waals surface area contributed by atoms with E-state index < -0.39 is 0 Å². The van der Waals surface area contributed by atoms with Crippen molar-refractivity contribution in [3.05, 3.63) is 29.1 Å². The highest BCUT2D eigenvalue weighted by Crippen LogP contribution is 2.21. The lowest BCUT2D eigenvalue weighted by atomic mass is 10.1. The molecule has 25 heavy (non-hydrogen) atoms. The quantitative estimate of drug-likeness (QED) is 0.883. The lowest BCUT2D eigenvalue weighted by Crippen LogP contribution is -2.51. The van der Waals surface area contributed by atoms with E-state index in [0.29, 0.717) is 29.0 Å². The van der Waals surface area contributed by atoms with Crippen molar-refractivity contribution in [2.75, 3.05) is 32.7 Å². The largest absolute Gasteiger partial charge is 0.439 e. The summed E-state index contributed by atoms with van der Waals surface area (Å²) < 4.78 is 5.77. The third-order valence-corrected chi connectivity index (χ3v) is 4.65. The molecule has 0 unspecified atom stereocenters. The summed E-state index contributed by atoms with van der Waals surface area (Å²) in [5.74, 6) is 1.29. The molecule has 0 spiro atoms. The topological polar surface area (TPSA) is 61.6 Å². The molecular formula is C18H25ClN4O2. The van der Waals surface area contributed by atoms with E-state index in [4.69, 9.17) is 16.0 Å². The third kappa shape index (κ3) is 4.86. The Labute approximate surface area is 153 Å². The van der Waals surface area contributed by atoms with Gasteiger partial charge < -0.3 is 14.6 Å². The minimum Gasteiger partial charge on any atom is -0.439 e. The van der Waals surface area contributed by atoms with Crippen LogP contribution in [0.15, 0.2) is 22.6 Å². The number of hydrogen-bond acceptors (Lipinski definition) is 4. The molecule has 2 amide bonds. The van der Waals surface area contributed by atoms with Crippen molar-refractivity contribution in [2.45, 2.75) is 26.8 Å². The van der Waals surface area contributed by atoms with Crippen molar-refractivity contribution in [2.24, 2.45) is 5.92 Å². The number of amides is 2. The average molecular weight is 365 g/mol. The van der Waals surface area contributed by atoms with Crippen molar-refractivity contribution in [1.29, 1.82) is 0 Å². The fourth-order valence-electron chi connectivity index (χ4n) is 2.89. The lowest BCUT2D eigenvalue weighted by molar-refractivity contribution is 0.129. The highest BCUT2D eigenvalue weighted by Gasteiger charge is 2.22. The van der Waals surface area contributed by atoms with Gasteiger partial charge in [0.05, 0.1) is 6.54 Å². The zero-order valence-corrected chi connectivity index (χ0v) is 15.6. The van der Waals surface area contributed by atoms with Crippen LogP contribution in [0.4, 0.5) is 4.79 Å². The van der Waals surface area contributed by atoms with E-state index in [9.17, 15) is 4.79 Å². The molecule has 0 atom stereocenters. The zero-order chi connectivity index (χ0) is 17.8. The second-order valence-corrected chi connectivity index (χ2v) is 7.33. The molecule has 1 N–H and O–H groups in total. The normalized spacial score (nSPS) is 15.9. The molecule has 3 rings (SSSR count). The van der Waals surface area contributed by atoms with E-state index in [0.717, 1.165) is 44.7 Å². The number of halogens is 1. The lowest BCUT2D eigenvalue weighted by Gasteiger charge is -2.34. The second-order valence-electron chi connectivity index (χ2n) is 6.90. The van der Waals surface area contributed by atoms with Crippen LogP contribution < -0.4 is 5.32 Å². The number of oxazole rings is 1. The fourth-order valence-corrected chi connectivity index (χ4v) is 3.06. The molecular weight excluding hydrogens is 340 g/mol. The van der Waals surface area contributed by atoms with E-state index in [1.54, 1.807) is 6.07 Å². The summed E-state index contributed by atoms with van der Waals surface area (Å²) in [7, 11) is 0. The molecule has 7 heteroatoms. The summed E-state index contributed by atoms with van der Waals surface area (Å²) in [5, 5.41) is 3.64. The van der Waals surface area contributed by atoms with E-state index >= 15 is 0 Å². The molecule has 1 saturated heterocycles. The number of nitrogens with one attached hydrogen (secondary N) is 1. The molecule has 136 valence electrons. The van der Waals surface area contributed by atoms with Crippen molar-refractivity contribution in [3.8, 4) is 0 Å². The first-order chi connectivity index (χ1) is 12.0. The van der Waals surface area contributed by atoms with Gasteiger partial charge in [0.15, 0.2) is 5.58 Å². The first kappa shape index (κ1) is 18.0. The minimum absolute atomic E-state index is 0.0387. The molecule has 1 aromatic heterocycles. The molecule has 0 bridgehead atoms. The highest BCUT2D eigenvalue weighted by atomic mass is 35.5. The van der Waals surface area contributed by atoms with Gasteiger partial charge in [-0.15, -0.1) is 0 Å². The van der Waals surface area contributed by atoms with Crippen LogP contribution in [0.5, 0.6) is 0 Å². The van der Waals surface area contributed by atoms with Crippen LogP contribution >= 0.6 is 11.6 Å². The predicted molar refractivity (Wildman–Crippen MR) is 98.7 cm³/mol. The molecule has 0 saturated carbocycles. The molecule has 2 aromatic rings. The summed E-state index contributed by atoms with van der Waals surface area (Å²) >= 11 is 5.98. The number of aromatic nitrogens is 1. The Kier molecular flexibility index (Phi) is 5.81. The van der Waals surface area contributed by atoms with E-state index in [1.807, 2.05) is 17.0 Å². The Bertz CT molecular complexity index is 723. The van der Waals surface area contributed by atoms with Crippen LogP contribution in [0.1, 0.15) is 26.2 Å². The Morgan fingerprint density at radius 3 is 2.80 bits per heavy atom. The van der Waals surface area contributed by atoms with Crippen LogP contribution in [0.25, 0.3) is 11.1 Å². The van der Waals surface area contributed by atoms with Gasteiger partial charge in [-0.25, -0.2) is 9.78 Å². The van der Waals surface area contributed by atoms with Crippen LogP contribution in [0.3, 0.4) is 0 Å². The van der Waals surface area contributed by atoms with Gasteiger partial charge in [0.1, 0.15) is 5.52 Å². The Morgan fingerprint density at radius 2 is 2.08 bits per heavy atom. The molecule has 0 radical (unpaired) electrons. The summed E-state index contributed by atoms with van der Waals surface area (Å²) in [6.45, 7) is 8.78. The number of hydrogen-bond donors (Lipinski definition) is 1. The molecule has 1 aromatic carbocycles. The molecule has 6 nitrogen and oxygen atoms in total. The number of rotatable bonds is 5. The Morgan fingerprint density at radius 1 is 1.32 bits per heavy atom. The van der Waals surface area contributed by atoms with Crippen LogP contribution in [-0.2, 0) is 6.54 Å². The van der Waals surface area contributed by atoms with Gasteiger partial charge >= 0.3 is 6.03 Å². The zero-order valence-electron chi connectivity index (χ0n) is 14.8. The monoisotopic (exact) mass is 364 g/mol. The molecule has 1 aliphatic heterocycles. The number of nitrogens with zero attached hydrogens (tertiary/aromatic N) is 3. The third-order valence-electron chi connectivity index (χ3n) is 4.41. The number of fused-ring (bicyclic) bond motifs is 1. The molecule has 0 aliphatic carbocycles. The predicted octanol–water partition coefficient (Wildman–Crippen LogP) is 3.35. The smallest absolute Gasteiger partial charge is 0.317 e. The van der Waals surface area contributed by atoms with E-state index in [-0.39, 0.29) is 6.03 Å². The fraction of sp³-hybridized carbons (Fsp3) is 0.556. The summed E-state index contributed by atoms with van der Waals surface area (Å²) in [6.07, 6.45) is 1.01. The maximum atomic E-state index is 12.1. The minimum atomic E-state index is 0.0387. The van der Waals surface area contributed by atoms with Gasteiger partial charge in [0, 0.05) is 43.8 Å². The van der Waals surface area contributed by atoms with Gasteiger partial charge in [-0.2, -0.15) is 0 Å². The summed E-state index contributed by atoms with van der Waals surface area (Å²) in [4.78, 5) is 20.8. The van der Waals surface area contributed by atoms with Gasteiger partial charge in [0.25, 0.3) is 0 Å².